The number of imide groups is 1. The zero-order valence-corrected chi connectivity index (χ0v) is 29.6. The standard InChI is InChI=1S/C38H47N5O9/c1-3-5-22-52-38(51)30(24-31(44)25-14-8-10-16-27(25)39)42-37(50)29(41-33(46)13-4-2)23-32(45)26-15-9-11-17-28(26)40-34(47)18-7-6-12-21-43-35(48)19-20-36(43)49/h8-11,14-17,19-20,29-30H,3-7,12-13,18,21-24,39H2,1-2H3,(H,40,47)(H,41,46)(H,42,50). The number of ether oxygens (including phenoxy) is 1. The number of benzene rings is 2. The van der Waals surface area contributed by atoms with Gasteiger partial charge in [-0.1, -0.05) is 51.0 Å². The molecule has 0 aliphatic carbocycles. The van der Waals surface area contributed by atoms with E-state index < -0.39 is 54.3 Å². The molecule has 14 heteroatoms. The van der Waals surface area contributed by atoms with Crippen LogP contribution in [0.5, 0.6) is 0 Å². The van der Waals surface area contributed by atoms with Crippen molar-refractivity contribution in [2.45, 2.75) is 90.1 Å². The van der Waals surface area contributed by atoms with E-state index in [2.05, 4.69) is 16.0 Å². The number of amides is 5. The molecule has 0 saturated carbocycles. The predicted octanol–water partition coefficient (Wildman–Crippen LogP) is 3.65. The highest BCUT2D eigenvalue weighted by Gasteiger charge is 2.32. The Kier molecular flexibility index (Phi) is 16.4. The molecule has 2 unspecified atom stereocenters. The highest BCUT2D eigenvalue weighted by atomic mass is 16.5. The number of nitrogens with one attached hydrogen (secondary N) is 3. The predicted molar refractivity (Wildman–Crippen MR) is 193 cm³/mol. The van der Waals surface area contributed by atoms with Gasteiger partial charge in [-0.2, -0.15) is 0 Å². The number of carbonyl (C=O) groups is 8. The van der Waals surface area contributed by atoms with Crippen LogP contribution in [0.2, 0.25) is 0 Å². The van der Waals surface area contributed by atoms with Crippen molar-refractivity contribution in [3.05, 3.63) is 71.8 Å². The molecule has 278 valence electrons. The Morgan fingerprint density at radius 2 is 1.35 bits per heavy atom. The second-order valence-electron chi connectivity index (χ2n) is 12.4. The second-order valence-corrected chi connectivity index (χ2v) is 12.4. The highest BCUT2D eigenvalue weighted by molar-refractivity contribution is 6.13. The van der Waals surface area contributed by atoms with Crippen LogP contribution in [0.4, 0.5) is 11.4 Å². The quantitative estimate of drug-likeness (QED) is 0.0457. The van der Waals surface area contributed by atoms with E-state index in [0.29, 0.717) is 32.1 Å². The maximum Gasteiger partial charge on any atom is 0.329 e. The van der Waals surface area contributed by atoms with Crippen LogP contribution < -0.4 is 21.7 Å². The summed E-state index contributed by atoms with van der Waals surface area (Å²) >= 11 is 0. The average Bonchev–Trinajstić information content (AvgIpc) is 3.43. The number of unbranched alkanes of at least 4 members (excludes halogenated alkanes) is 3. The highest BCUT2D eigenvalue weighted by Crippen LogP contribution is 2.20. The van der Waals surface area contributed by atoms with Crippen LogP contribution >= 0.6 is 0 Å². The van der Waals surface area contributed by atoms with Crippen LogP contribution in [-0.2, 0) is 33.5 Å². The SMILES string of the molecule is CCCCOC(=O)C(CC(=O)c1ccccc1N)NC(=O)C(CC(=O)c1ccccc1NC(=O)CCCCCN1C(=O)C=CC1=O)NC(=O)CCC. The Hall–Kier alpha value is -5.66. The molecule has 2 atom stereocenters. The number of hydrogen-bond donors (Lipinski definition) is 4. The van der Waals surface area contributed by atoms with E-state index in [9.17, 15) is 38.4 Å². The number of Topliss-reactive ketones (excluding diaryl/α,β-unsaturated/α-hetero) is 2. The van der Waals surface area contributed by atoms with Gasteiger partial charge in [0.2, 0.25) is 17.7 Å². The van der Waals surface area contributed by atoms with Gasteiger partial charge in [-0.15, -0.1) is 0 Å². The van der Waals surface area contributed by atoms with Crippen molar-refractivity contribution in [3.63, 3.8) is 0 Å². The first-order valence-corrected chi connectivity index (χ1v) is 17.5. The van der Waals surface area contributed by atoms with E-state index in [4.69, 9.17) is 10.5 Å². The summed E-state index contributed by atoms with van der Waals surface area (Å²) in [6.45, 7) is 4.00. The normalized spacial score (nSPS) is 13.3. The number of carbonyl (C=O) groups excluding carboxylic acids is 8. The Bertz CT molecular complexity index is 1650. The number of nitrogens with two attached hydrogens (primary N) is 1. The zero-order chi connectivity index (χ0) is 38.0. The smallest absolute Gasteiger partial charge is 0.329 e. The average molecular weight is 718 g/mol. The number of ketones is 2. The summed E-state index contributed by atoms with van der Waals surface area (Å²) in [5.41, 5.74) is 6.63. The van der Waals surface area contributed by atoms with E-state index in [-0.39, 0.29) is 66.2 Å². The molecular weight excluding hydrogens is 670 g/mol. The molecule has 52 heavy (non-hydrogen) atoms. The summed E-state index contributed by atoms with van der Waals surface area (Å²) in [6, 6.07) is 9.68. The molecule has 0 bridgehead atoms. The van der Waals surface area contributed by atoms with Gasteiger partial charge in [-0.05, 0) is 49.9 Å². The van der Waals surface area contributed by atoms with Gasteiger partial charge in [0.15, 0.2) is 11.6 Å². The first kappa shape index (κ1) is 40.8. The van der Waals surface area contributed by atoms with E-state index in [0.717, 1.165) is 11.3 Å². The third-order valence-corrected chi connectivity index (χ3v) is 8.20. The Morgan fingerprint density at radius 1 is 0.712 bits per heavy atom. The summed E-state index contributed by atoms with van der Waals surface area (Å²) in [6.07, 6.45) is 4.97. The van der Waals surface area contributed by atoms with Gasteiger partial charge in [-0.25, -0.2) is 4.79 Å². The number of anilines is 2. The van der Waals surface area contributed by atoms with Crippen LogP contribution in [0, 0.1) is 0 Å². The molecular formula is C38H47N5O9. The number of rotatable bonds is 22. The molecule has 14 nitrogen and oxygen atoms in total. The van der Waals surface area contributed by atoms with Crippen molar-refractivity contribution in [2.24, 2.45) is 0 Å². The van der Waals surface area contributed by atoms with E-state index >= 15 is 0 Å². The topological polar surface area (TPSA) is 211 Å². The largest absolute Gasteiger partial charge is 0.464 e. The number of nitrogens with zero attached hydrogens (tertiary/aromatic N) is 1. The van der Waals surface area contributed by atoms with Gasteiger partial charge < -0.3 is 26.4 Å². The van der Waals surface area contributed by atoms with Gasteiger partial charge in [0.25, 0.3) is 11.8 Å². The number of nitrogen functional groups attached to an aromatic ring is 1. The van der Waals surface area contributed by atoms with Crippen molar-refractivity contribution >= 4 is 58.4 Å². The summed E-state index contributed by atoms with van der Waals surface area (Å²) in [5.74, 6) is -4.40. The monoisotopic (exact) mass is 717 g/mol. The minimum Gasteiger partial charge on any atom is -0.464 e. The van der Waals surface area contributed by atoms with Crippen LogP contribution in [0.3, 0.4) is 0 Å². The van der Waals surface area contributed by atoms with Gasteiger partial charge in [0, 0.05) is 61.2 Å². The fraction of sp³-hybridized carbons (Fsp3) is 0.421. The lowest BCUT2D eigenvalue weighted by Gasteiger charge is -2.23. The van der Waals surface area contributed by atoms with Gasteiger partial charge >= 0.3 is 5.97 Å². The lowest BCUT2D eigenvalue weighted by atomic mass is 9.99. The second kappa shape index (κ2) is 20.9. The fourth-order valence-corrected chi connectivity index (χ4v) is 5.36. The third-order valence-electron chi connectivity index (χ3n) is 8.20. The fourth-order valence-electron chi connectivity index (χ4n) is 5.36. The van der Waals surface area contributed by atoms with Crippen LogP contribution in [0.25, 0.3) is 0 Å². The van der Waals surface area contributed by atoms with Crippen molar-refractivity contribution in [2.75, 3.05) is 24.2 Å². The van der Waals surface area contributed by atoms with E-state index in [1.807, 2.05) is 6.92 Å². The molecule has 0 aromatic heterocycles. The van der Waals surface area contributed by atoms with E-state index in [1.165, 1.54) is 36.4 Å². The maximum atomic E-state index is 13.7. The van der Waals surface area contributed by atoms with Crippen LogP contribution in [-0.4, -0.2) is 77.2 Å². The summed E-state index contributed by atoms with van der Waals surface area (Å²) in [7, 11) is 0. The van der Waals surface area contributed by atoms with Crippen LogP contribution in [0.15, 0.2) is 60.7 Å². The number of esters is 1. The Balaban J connectivity index is 1.70. The van der Waals surface area contributed by atoms with Crippen LogP contribution in [0.1, 0.15) is 98.8 Å². The Labute approximate surface area is 302 Å². The van der Waals surface area contributed by atoms with Gasteiger partial charge in [-0.3, -0.25) is 38.5 Å². The zero-order valence-electron chi connectivity index (χ0n) is 29.6. The molecule has 5 N–H and O–H groups in total. The molecule has 3 rings (SSSR count). The molecule has 0 spiro atoms. The molecule has 0 fully saturated rings. The maximum absolute atomic E-state index is 13.7. The first-order valence-electron chi connectivity index (χ1n) is 17.5. The molecule has 0 saturated heterocycles. The molecule has 0 radical (unpaired) electrons. The Morgan fingerprint density at radius 3 is 2.02 bits per heavy atom. The molecule has 2 aromatic carbocycles. The van der Waals surface area contributed by atoms with E-state index in [1.54, 1.807) is 31.2 Å². The minimum absolute atomic E-state index is 0.0688. The molecule has 5 amide bonds. The van der Waals surface area contributed by atoms with Crippen molar-refractivity contribution in [1.29, 1.82) is 0 Å². The van der Waals surface area contributed by atoms with Gasteiger partial charge in [0.05, 0.1) is 12.3 Å². The molecule has 1 aliphatic rings. The summed E-state index contributed by atoms with van der Waals surface area (Å²) in [5, 5.41) is 7.81. The molecule has 2 aromatic rings. The summed E-state index contributed by atoms with van der Waals surface area (Å²) < 4.78 is 5.32. The first-order chi connectivity index (χ1) is 24.9. The molecule has 1 heterocycles. The third kappa shape index (κ3) is 12.6. The number of hydrogen-bond acceptors (Lipinski definition) is 10. The molecule has 1 aliphatic heterocycles. The van der Waals surface area contributed by atoms with Crippen molar-refractivity contribution < 1.29 is 43.1 Å². The lowest BCUT2D eigenvalue weighted by Crippen LogP contribution is -2.53. The minimum atomic E-state index is -1.43. The van der Waals surface area contributed by atoms with Crippen molar-refractivity contribution in [1.82, 2.24) is 15.5 Å². The lowest BCUT2D eigenvalue weighted by molar-refractivity contribution is -0.148. The van der Waals surface area contributed by atoms with Crippen molar-refractivity contribution in [3.8, 4) is 0 Å². The summed E-state index contributed by atoms with van der Waals surface area (Å²) in [4.78, 5) is 104. The number of para-hydroxylation sites is 2. The van der Waals surface area contributed by atoms with Gasteiger partial charge in [0.1, 0.15) is 12.1 Å².